The van der Waals surface area contributed by atoms with Gasteiger partial charge in [0.2, 0.25) is 0 Å². The van der Waals surface area contributed by atoms with Crippen LogP contribution in [0, 0.1) is 6.92 Å². The molecule has 0 spiro atoms. The van der Waals surface area contributed by atoms with E-state index in [1.807, 2.05) is 13.0 Å². The molecule has 0 amide bonds. The van der Waals surface area contributed by atoms with Gasteiger partial charge < -0.3 is 10.1 Å². The molecule has 3 rings (SSSR count). The molecule has 2 aromatic rings. The lowest BCUT2D eigenvalue weighted by molar-refractivity contribution is 0.0696. The molecular formula is C16H19NO2. The third-order valence-electron chi connectivity index (χ3n) is 4.42. The molecule has 1 aromatic carbocycles. The topological polar surface area (TPSA) is 53.1 Å². The first-order valence-corrected chi connectivity index (χ1v) is 7.02. The van der Waals surface area contributed by atoms with Gasteiger partial charge in [0.15, 0.2) is 0 Å². The van der Waals surface area contributed by atoms with Crippen molar-refractivity contribution in [2.75, 3.05) is 0 Å². The number of hydrogen-bond donors (Lipinski definition) is 2. The monoisotopic (exact) mass is 257 g/mol. The number of aryl methyl sites for hydroxylation is 1. The number of aromatic amines is 1. The Morgan fingerprint density at radius 3 is 2.68 bits per heavy atom. The van der Waals surface area contributed by atoms with Gasteiger partial charge in [-0.2, -0.15) is 0 Å². The van der Waals surface area contributed by atoms with Crippen molar-refractivity contribution in [1.82, 2.24) is 4.98 Å². The molecule has 0 bridgehead atoms. The maximum Gasteiger partial charge on any atom is 0.336 e. The van der Waals surface area contributed by atoms with E-state index in [1.54, 1.807) is 6.07 Å². The van der Waals surface area contributed by atoms with Crippen LogP contribution < -0.4 is 0 Å². The SMILES string of the molecule is Cc1c(C(=O)O)ccc2c(C3CCCCC3)c[nH]c12. The van der Waals surface area contributed by atoms with E-state index in [9.17, 15) is 4.79 Å². The van der Waals surface area contributed by atoms with Gasteiger partial charge in [-0.3, -0.25) is 0 Å². The van der Waals surface area contributed by atoms with Crippen molar-refractivity contribution in [2.45, 2.75) is 44.9 Å². The van der Waals surface area contributed by atoms with E-state index >= 15 is 0 Å². The van der Waals surface area contributed by atoms with Crippen molar-refractivity contribution in [1.29, 1.82) is 0 Å². The number of H-pyrrole nitrogens is 1. The Labute approximate surface area is 112 Å². The Balaban J connectivity index is 2.08. The molecule has 1 aliphatic carbocycles. The third-order valence-corrected chi connectivity index (χ3v) is 4.42. The fourth-order valence-electron chi connectivity index (χ4n) is 3.35. The van der Waals surface area contributed by atoms with Gasteiger partial charge in [0, 0.05) is 17.1 Å². The number of carbonyl (C=O) groups is 1. The van der Waals surface area contributed by atoms with Crippen molar-refractivity contribution in [3.8, 4) is 0 Å². The van der Waals surface area contributed by atoms with Crippen LogP contribution in [0.15, 0.2) is 18.3 Å². The number of aromatic nitrogens is 1. The van der Waals surface area contributed by atoms with Crippen LogP contribution in [0.25, 0.3) is 10.9 Å². The summed E-state index contributed by atoms with van der Waals surface area (Å²) in [6.45, 7) is 1.88. The first-order chi connectivity index (χ1) is 9.18. The van der Waals surface area contributed by atoms with Crippen molar-refractivity contribution >= 4 is 16.9 Å². The van der Waals surface area contributed by atoms with Gasteiger partial charge in [0.05, 0.1) is 5.56 Å². The average Bonchev–Trinajstić information content (AvgIpc) is 2.84. The molecule has 100 valence electrons. The summed E-state index contributed by atoms with van der Waals surface area (Å²) in [7, 11) is 0. The lowest BCUT2D eigenvalue weighted by Crippen LogP contribution is -2.04. The minimum Gasteiger partial charge on any atom is -0.478 e. The quantitative estimate of drug-likeness (QED) is 0.846. The molecule has 1 fully saturated rings. The molecule has 3 nitrogen and oxygen atoms in total. The van der Waals surface area contributed by atoms with E-state index < -0.39 is 5.97 Å². The number of hydrogen-bond acceptors (Lipinski definition) is 1. The summed E-state index contributed by atoms with van der Waals surface area (Å²) in [5.74, 6) is -0.217. The second-order valence-electron chi connectivity index (χ2n) is 5.54. The van der Waals surface area contributed by atoms with Gasteiger partial charge in [-0.15, -0.1) is 0 Å². The summed E-state index contributed by atoms with van der Waals surface area (Å²) in [6, 6.07) is 3.70. The highest BCUT2D eigenvalue weighted by atomic mass is 16.4. The van der Waals surface area contributed by atoms with Crippen molar-refractivity contribution in [3.63, 3.8) is 0 Å². The number of aromatic carboxylic acids is 1. The summed E-state index contributed by atoms with van der Waals surface area (Å²) in [5.41, 5.74) is 3.59. The van der Waals surface area contributed by atoms with Gasteiger partial charge in [-0.25, -0.2) is 4.79 Å². The van der Waals surface area contributed by atoms with E-state index in [0.717, 1.165) is 11.1 Å². The van der Waals surface area contributed by atoms with Gasteiger partial charge >= 0.3 is 5.97 Å². The predicted octanol–water partition coefficient (Wildman–Crippen LogP) is 4.22. The first-order valence-electron chi connectivity index (χ1n) is 7.02. The molecule has 0 atom stereocenters. The van der Waals surface area contributed by atoms with Crippen LogP contribution in [0.3, 0.4) is 0 Å². The van der Waals surface area contributed by atoms with Crippen LogP contribution in [0.4, 0.5) is 0 Å². The van der Waals surface area contributed by atoms with E-state index in [4.69, 9.17) is 5.11 Å². The summed E-state index contributed by atoms with van der Waals surface area (Å²) >= 11 is 0. The Morgan fingerprint density at radius 1 is 1.26 bits per heavy atom. The Bertz CT molecular complexity index is 621. The number of nitrogens with one attached hydrogen (secondary N) is 1. The van der Waals surface area contributed by atoms with Crippen molar-refractivity contribution in [2.24, 2.45) is 0 Å². The van der Waals surface area contributed by atoms with Gasteiger partial charge in [-0.1, -0.05) is 25.3 Å². The van der Waals surface area contributed by atoms with Crippen LogP contribution in [0.2, 0.25) is 0 Å². The van der Waals surface area contributed by atoms with E-state index in [2.05, 4.69) is 11.2 Å². The lowest BCUT2D eigenvalue weighted by Gasteiger charge is -2.21. The second-order valence-corrected chi connectivity index (χ2v) is 5.54. The van der Waals surface area contributed by atoms with Gasteiger partial charge in [0.25, 0.3) is 0 Å². The first kappa shape index (κ1) is 12.3. The zero-order valence-electron chi connectivity index (χ0n) is 11.2. The van der Waals surface area contributed by atoms with Crippen molar-refractivity contribution < 1.29 is 9.90 Å². The predicted molar refractivity (Wildman–Crippen MR) is 75.8 cm³/mol. The summed E-state index contributed by atoms with van der Waals surface area (Å²) in [4.78, 5) is 14.4. The van der Waals surface area contributed by atoms with Crippen LogP contribution in [-0.4, -0.2) is 16.1 Å². The Morgan fingerprint density at radius 2 is 2.00 bits per heavy atom. The maximum atomic E-state index is 11.2. The highest BCUT2D eigenvalue weighted by molar-refractivity contribution is 5.97. The number of carboxylic acids is 1. The molecule has 0 saturated heterocycles. The van der Waals surface area contributed by atoms with E-state index in [0.29, 0.717) is 11.5 Å². The maximum absolute atomic E-state index is 11.2. The molecule has 1 saturated carbocycles. The summed E-state index contributed by atoms with van der Waals surface area (Å²) < 4.78 is 0. The highest BCUT2D eigenvalue weighted by Crippen LogP contribution is 2.37. The number of fused-ring (bicyclic) bond motifs is 1. The minimum absolute atomic E-state index is 0.393. The number of benzene rings is 1. The second kappa shape index (κ2) is 4.72. The van der Waals surface area contributed by atoms with Crippen molar-refractivity contribution in [3.05, 3.63) is 35.0 Å². The molecule has 0 radical (unpaired) electrons. The molecule has 2 N–H and O–H groups in total. The molecule has 1 aliphatic rings. The normalized spacial score (nSPS) is 16.9. The smallest absolute Gasteiger partial charge is 0.336 e. The molecule has 1 aromatic heterocycles. The van der Waals surface area contributed by atoms with E-state index in [1.165, 1.54) is 43.1 Å². The van der Waals surface area contributed by atoms with Gasteiger partial charge in [0.1, 0.15) is 0 Å². The van der Waals surface area contributed by atoms with Crippen LogP contribution in [-0.2, 0) is 0 Å². The zero-order chi connectivity index (χ0) is 13.4. The standard InChI is InChI=1S/C16H19NO2/c1-10-12(16(18)19)7-8-13-14(9-17-15(10)13)11-5-3-2-4-6-11/h7-9,11,17H,2-6H2,1H3,(H,18,19). The Hall–Kier alpha value is -1.77. The molecule has 0 aliphatic heterocycles. The third kappa shape index (κ3) is 2.03. The lowest BCUT2D eigenvalue weighted by atomic mass is 9.84. The van der Waals surface area contributed by atoms with Gasteiger partial charge in [-0.05, 0) is 42.9 Å². The average molecular weight is 257 g/mol. The zero-order valence-corrected chi connectivity index (χ0v) is 11.2. The van der Waals surface area contributed by atoms with Crippen LogP contribution in [0.5, 0.6) is 0 Å². The largest absolute Gasteiger partial charge is 0.478 e. The fourth-order valence-corrected chi connectivity index (χ4v) is 3.35. The molecular weight excluding hydrogens is 238 g/mol. The minimum atomic E-state index is -0.854. The highest BCUT2D eigenvalue weighted by Gasteiger charge is 2.20. The molecule has 1 heterocycles. The summed E-state index contributed by atoms with van der Waals surface area (Å²) in [5, 5.41) is 10.4. The molecule has 3 heteroatoms. The van der Waals surface area contributed by atoms with Crippen LogP contribution >= 0.6 is 0 Å². The fraction of sp³-hybridized carbons (Fsp3) is 0.438. The molecule has 19 heavy (non-hydrogen) atoms. The van der Waals surface area contributed by atoms with Crippen LogP contribution in [0.1, 0.15) is 59.5 Å². The Kier molecular flexibility index (Phi) is 3.05. The number of rotatable bonds is 2. The van der Waals surface area contributed by atoms with E-state index in [-0.39, 0.29) is 0 Å². The molecule has 0 unspecified atom stereocenters. The number of carboxylic acid groups (broad SMARTS) is 1. The summed E-state index contributed by atoms with van der Waals surface area (Å²) in [6.07, 6.45) is 8.56.